The summed E-state index contributed by atoms with van der Waals surface area (Å²) >= 11 is 0. The average Bonchev–Trinajstić information content (AvgIpc) is 2.58. The lowest BCUT2D eigenvalue weighted by atomic mass is 9.95. The molecule has 0 aliphatic carbocycles. The molecule has 1 aromatic rings. The molecule has 1 aromatic carbocycles. The molecule has 0 spiro atoms. The molecule has 24 heavy (non-hydrogen) atoms. The van der Waals surface area contributed by atoms with Crippen LogP contribution in [0, 0.1) is 12.8 Å². The predicted molar refractivity (Wildman–Crippen MR) is 97.5 cm³/mol. The molecule has 1 atom stereocenters. The zero-order valence-electron chi connectivity index (χ0n) is 14.1. The van der Waals surface area contributed by atoms with Crippen LogP contribution in [-0.2, 0) is 9.59 Å². The second-order valence-corrected chi connectivity index (χ2v) is 6.55. The summed E-state index contributed by atoms with van der Waals surface area (Å²) in [6.45, 7) is 4.52. The van der Waals surface area contributed by atoms with Crippen molar-refractivity contribution in [3.63, 3.8) is 0 Å². The lowest BCUT2D eigenvalue weighted by Gasteiger charge is -2.34. The van der Waals surface area contributed by atoms with Gasteiger partial charge in [-0.2, -0.15) is 0 Å². The minimum absolute atomic E-state index is 0. The van der Waals surface area contributed by atoms with Crippen LogP contribution in [0.25, 0.3) is 0 Å². The molecule has 5 nitrogen and oxygen atoms in total. The first-order chi connectivity index (χ1) is 11.1. The molecule has 2 amide bonds. The Morgan fingerprint density at radius 3 is 2.50 bits per heavy atom. The molecule has 6 heteroatoms. The second kappa shape index (κ2) is 8.49. The zero-order valence-corrected chi connectivity index (χ0v) is 14.9. The van der Waals surface area contributed by atoms with E-state index in [9.17, 15) is 9.59 Å². The number of aryl methyl sites for hydroxylation is 1. The van der Waals surface area contributed by atoms with Crippen molar-refractivity contribution in [2.75, 3.05) is 24.5 Å². The van der Waals surface area contributed by atoms with Crippen LogP contribution in [0.3, 0.4) is 0 Å². The number of hydrogen-bond donors (Lipinski definition) is 2. The van der Waals surface area contributed by atoms with Gasteiger partial charge in [0.15, 0.2) is 0 Å². The second-order valence-electron chi connectivity index (χ2n) is 6.55. The number of amides is 2. The first kappa shape index (κ1) is 18.7. The number of nitrogens with one attached hydrogen (secondary N) is 2. The summed E-state index contributed by atoms with van der Waals surface area (Å²) in [4.78, 5) is 26.9. The smallest absolute Gasteiger partial charge is 0.249 e. The van der Waals surface area contributed by atoms with Gasteiger partial charge in [0.1, 0.15) is 6.04 Å². The Balaban J connectivity index is 0.00000208. The lowest BCUT2D eigenvalue weighted by Crippen LogP contribution is -2.54. The Hall–Kier alpha value is -1.59. The van der Waals surface area contributed by atoms with Crippen molar-refractivity contribution in [2.45, 2.75) is 38.6 Å². The number of benzene rings is 1. The van der Waals surface area contributed by atoms with Crippen LogP contribution in [0.1, 0.15) is 31.2 Å². The molecular weight excluding hydrogens is 326 g/mol. The summed E-state index contributed by atoms with van der Waals surface area (Å²) in [5.74, 6) is 0.0943. The van der Waals surface area contributed by atoms with Crippen LogP contribution >= 0.6 is 12.4 Å². The highest BCUT2D eigenvalue weighted by atomic mass is 35.5. The number of nitrogens with zero attached hydrogens (tertiary/aromatic N) is 1. The molecule has 132 valence electrons. The van der Waals surface area contributed by atoms with Crippen LogP contribution in [0.15, 0.2) is 24.3 Å². The highest BCUT2D eigenvalue weighted by Gasteiger charge is 2.32. The molecule has 0 aromatic heterocycles. The third kappa shape index (κ3) is 4.28. The van der Waals surface area contributed by atoms with Gasteiger partial charge >= 0.3 is 0 Å². The summed E-state index contributed by atoms with van der Waals surface area (Å²) in [6.07, 6.45) is 3.36. The first-order valence-corrected chi connectivity index (χ1v) is 8.54. The van der Waals surface area contributed by atoms with Gasteiger partial charge in [-0.05, 0) is 57.8 Å². The van der Waals surface area contributed by atoms with E-state index in [4.69, 9.17) is 0 Å². The molecule has 2 N–H and O–H groups in total. The maximum atomic E-state index is 12.7. The molecule has 0 saturated carbocycles. The summed E-state index contributed by atoms with van der Waals surface area (Å²) in [7, 11) is 0. The molecule has 2 heterocycles. The Labute approximate surface area is 149 Å². The fourth-order valence-corrected chi connectivity index (χ4v) is 3.36. The average molecular weight is 352 g/mol. The Morgan fingerprint density at radius 2 is 1.83 bits per heavy atom. The van der Waals surface area contributed by atoms with E-state index in [2.05, 4.69) is 10.6 Å². The normalized spacial score (nSPS) is 22.0. The third-order valence-corrected chi connectivity index (χ3v) is 4.81. The van der Waals surface area contributed by atoms with Crippen LogP contribution < -0.4 is 15.5 Å². The summed E-state index contributed by atoms with van der Waals surface area (Å²) < 4.78 is 0. The summed E-state index contributed by atoms with van der Waals surface area (Å²) in [6, 6.07) is 7.60. The van der Waals surface area contributed by atoms with E-state index in [1.165, 1.54) is 5.56 Å². The van der Waals surface area contributed by atoms with Gasteiger partial charge in [0.05, 0.1) is 0 Å². The topological polar surface area (TPSA) is 61.4 Å². The van der Waals surface area contributed by atoms with Crippen molar-refractivity contribution in [1.82, 2.24) is 10.6 Å². The van der Waals surface area contributed by atoms with Crippen molar-refractivity contribution >= 4 is 29.9 Å². The highest BCUT2D eigenvalue weighted by molar-refractivity contribution is 6.00. The zero-order chi connectivity index (χ0) is 16.2. The van der Waals surface area contributed by atoms with Crippen molar-refractivity contribution < 1.29 is 9.59 Å². The fraction of sp³-hybridized carbons (Fsp3) is 0.556. The molecule has 3 rings (SSSR count). The molecule has 0 radical (unpaired) electrons. The summed E-state index contributed by atoms with van der Waals surface area (Å²) in [5.41, 5.74) is 2.09. The largest absolute Gasteiger partial charge is 0.344 e. The first-order valence-electron chi connectivity index (χ1n) is 8.54. The van der Waals surface area contributed by atoms with Crippen molar-refractivity contribution in [3.8, 4) is 0 Å². The van der Waals surface area contributed by atoms with Gasteiger partial charge in [-0.15, -0.1) is 12.4 Å². The number of rotatable bonds is 3. The van der Waals surface area contributed by atoms with Crippen molar-refractivity contribution in [1.29, 1.82) is 0 Å². The van der Waals surface area contributed by atoms with E-state index in [1.54, 1.807) is 4.90 Å². The number of hydrogen-bond acceptors (Lipinski definition) is 3. The van der Waals surface area contributed by atoms with E-state index in [1.807, 2.05) is 31.2 Å². The van der Waals surface area contributed by atoms with Crippen LogP contribution in [0.2, 0.25) is 0 Å². The minimum atomic E-state index is -0.382. The Bertz CT molecular complexity index is 570. The van der Waals surface area contributed by atoms with Gasteiger partial charge in [-0.1, -0.05) is 17.7 Å². The quantitative estimate of drug-likeness (QED) is 0.876. The van der Waals surface area contributed by atoms with E-state index >= 15 is 0 Å². The standard InChI is InChI=1S/C18H25N3O2.ClH/c1-13-4-6-15(7-5-13)21-12-2-3-16(18(21)23)20-17(22)14-8-10-19-11-9-14;/h4-7,14,16,19H,2-3,8-12H2,1H3,(H,20,22);1H. The van der Waals surface area contributed by atoms with Gasteiger partial charge in [0.2, 0.25) is 11.8 Å². The number of piperidine rings is 2. The molecule has 2 aliphatic rings. The van der Waals surface area contributed by atoms with Gasteiger partial charge in [0, 0.05) is 18.2 Å². The Morgan fingerprint density at radius 1 is 1.17 bits per heavy atom. The van der Waals surface area contributed by atoms with Crippen molar-refractivity contribution in [3.05, 3.63) is 29.8 Å². The third-order valence-electron chi connectivity index (χ3n) is 4.81. The predicted octanol–water partition coefficient (Wildman–Crippen LogP) is 2.03. The van der Waals surface area contributed by atoms with Crippen LogP contribution in [0.4, 0.5) is 5.69 Å². The van der Waals surface area contributed by atoms with E-state index in [0.717, 1.165) is 51.0 Å². The number of carbonyl (C=O) groups excluding carboxylic acids is 2. The van der Waals surface area contributed by atoms with Crippen molar-refractivity contribution in [2.24, 2.45) is 5.92 Å². The molecule has 2 saturated heterocycles. The molecular formula is C18H26ClN3O2. The highest BCUT2D eigenvalue weighted by Crippen LogP contribution is 2.22. The van der Waals surface area contributed by atoms with Gasteiger partial charge in [-0.3, -0.25) is 9.59 Å². The van der Waals surface area contributed by atoms with Gasteiger partial charge < -0.3 is 15.5 Å². The van der Waals surface area contributed by atoms with Crippen LogP contribution in [0.5, 0.6) is 0 Å². The van der Waals surface area contributed by atoms with Gasteiger partial charge in [0.25, 0.3) is 0 Å². The fourth-order valence-electron chi connectivity index (χ4n) is 3.36. The molecule has 2 aliphatic heterocycles. The molecule has 2 fully saturated rings. The van der Waals surface area contributed by atoms with E-state index < -0.39 is 0 Å². The monoisotopic (exact) mass is 351 g/mol. The van der Waals surface area contributed by atoms with Crippen LogP contribution in [-0.4, -0.2) is 37.5 Å². The number of anilines is 1. The Kier molecular flexibility index (Phi) is 6.63. The minimum Gasteiger partial charge on any atom is -0.344 e. The van der Waals surface area contributed by atoms with E-state index in [0.29, 0.717) is 0 Å². The number of carbonyl (C=O) groups is 2. The maximum Gasteiger partial charge on any atom is 0.249 e. The number of halogens is 1. The molecule has 0 bridgehead atoms. The lowest BCUT2D eigenvalue weighted by molar-refractivity contribution is -0.131. The SMILES string of the molecule is Cc1ccc(N2CCCC(NC(=O)C3CCNCC3)C2=O)cc1.Cl. The maximum absolute atomic E-state index is 12.7. The van der Waals surface area contributed by atoms with Gasteiger partial charge in [-0.25, -0.2) is 0 Å². The molecule has 1 unspecified atom stereocenters. The van der Waals surface area contributed by atoms with E-state index in [-0.39, 0.29) is 36.2 Å². The summed E-state index contributed by atoms with van der Waals surface area (Å²) in [5, 5.41) is 6.25.